The molecule has 2 aromatic heterocycles. The number of aromatic nitrogens is 1. The van der Waals surface area contributed by atoms with Crippen molar-refractivity contribution in [3.8, 4) is 0 Å². The third-order valence-corrected chi connectivity index (χ3v) is 6.00. The highest BCUT2D eigenvalue weighted by Crippen LogP contribution is 2.23. The first kappa shape index (κ1) is 18.6. The van der Waals surface area contributed by atoms with Crippen molar-refractivity contribution >= 4 is 62.3 Å². The van der Waals surface area contributed by atoms with Crippen molar-refractivity contribution in [3.05, 3.63) is 61.6 Å². The molecule has 0 aliphatic carbocycles. The second kappa shape index (κ2) is 8.43. The van der Waals surface area contributed by atoms with Gasteiger partial charge in [-0.3, -0.25) is 14.9 Å². The van der Waals surface area contributed by atoms with Crippen LogP contribution in [0.2, 0.25) is 0 Å². The molecule has 3 aromatic rings. The summed E-state index contributed by atoms with van der Waals surface area (Å²) in [6.07, 6.45) is 5.18. The van der Waals surface area contributed by atoms with Crippen molar-refractivity contribution < 1.29 is 9.72 Å². The van der Waals surface area contributed by atoms with Crippen LogP contribution in [0.5, 0.6) is 0 Å². The molecule has 1 amide bonds. The number of thioether (sulfide) groups is 1. The number of benzene rings is 1. The van der Waals surface area contributed by atoms with Crippen molar-refractivity contribution in [1.29, 1.82) is 0 Å². The van der Waals surface area contributed by atoms with Gasteiger partial charge in [0.2, 0.25) is 0 Å². The zero-order valence-corrected chi connectivity index (χ0v) is 16.3. The average Bonchev–Trinajstić information content (AvgIpc) is 3.25. The van der Waals surface area contributed by atoms with Crippen molar-refractivity contribution in [2.24, 2.45) is 4.99 Å². The van der Waals surface area contributed by atoms with Crippen LogP contribution in [0.25, 0.3) is 16.3 Å². The number of fused-ring (bicyclic) bond motifs is 1. The van der Waals surface area contributed by atoms with Gasteiger partial charge < -0.3 is 4.57 Å². The number of hydrogen-bond acceptors (Lipinski definition) is 6. The molecule has 0 radical (unpaired) electrons. The van der Waals surface area contributed by atoms with E-state index in [1.807, 2.05) is 28.3 Å². The Morgan fingerprint density at radius 1 is 1.42 bits per heavy atom. The van der Waals surface area contributed by atoms with E-state index in [0.29, 0.717) is 11.3 Å². The lowest BCUT2D eigenvalue weighted by Crippen LogP contribution is -2.17. The number of nitrogens with zero attached hydrogens (tertiary/aromatic N) is 3. The van der Waals surface area contributed by atoms with Gasteiger partial charge in [0.05, 0.1) is 15.1 Å². The summed E-state index contributed by atoms with van der Waals surface area (Å²) in [6.45, 7) is 0.680. The maximum Gasteiger partial charge on any atom is 0.272 e. The van der Waals surface area contributed by atoms with E-state index in [-0.39, 0.29) is 11.6 Å². The molecule has 0 N–H and O–H groups in total. The number of thiophene rings is 1. The second-order valence-corrected chi connectivity index (χ2v) is 8.21. The van der Waals surface area contributed by atoms with Gasteiger partial charge in [-0.25, -0.2) is 0 Å². The van der Waals surface area contributed by atoms with Crippen LogP contribution in [-0.2, 0) is 11.3 Å². The minimum atomic E-state index is -0.420. The Hall–Kier alpha value is -2.23. The molecular formula is C17H15N3O3S3. The Morgan fingerprint density at radius 3 is 2.96 bits per heavy atom. The topological polar surface area (TPSA) is 77.5 Å². The highest BCUT2D eigenvalue weighted by molar-refractivity contribution is 7.98. The highest BCUT2D eigenvalue weighted by Gasteiger charge is 2.12. The Bertz CT molecular complexity index is 1030. The molecule has 0 aliphatic rings. The molecule has 0 atom stereocenters. The lowest BCUT2D eigenvalue weighted by Gasteiger charge is -2.03. The summed E-state index contributed by atoms with van der Waals surface area (Å²) in [7, 11) is 0. The minimum absolute atomic E-state index is 0.0336. The predicted molar refractivity (Wildman–Crippen MR) is 109 cm³/mol. The minimum Gasteiger partial charge on any atom is -0.315 e. The van der Waals surface area contributed by atoms with Crippen LogP contribution < -0.4 is 4.80 Å². The van der Waals surface area contributed by atoms with Gasteiger partial charge in [0.25, 0.3) is 11.6 Å². The largest absolute Gasteiger partial charge is 0.315 e. The van der Waals surface area contributed by atoms with Crippen molar-refractivity contribution in [2.75, 3.05) is 12.0 Å². The number of nitro groups is 1. The highest BCUT2D eigenvalue weighted by atomic mass is 32.2. The van der Waals surface area contributed by atoms with Crippen molar-refractivity contribution in [2.45, 2.75) is 6.54 Å². The quantitative estimate of drug-likeness (QED) is 0.350. The van der Waals surface area contributed by atoms with E-state index in [2.05, 4.69) is 4.99 Å². The van der Waals surface area contributed by atoms with Gasteiger partial charge in [-0.15, -0.1) is 11.3 Å². The maximum absolute atomic E-state index is 12.2. The Labute approximate surface area is 161 Å². The SMILES string of the molecule is CSCCn1c(=NC(=O)C=Cc2cccs2)sc2cc([N+](=O)[O-])ccc21. The van der Waals surface area contributed by atoms with Gasteiger partial charge >= 0.3 is 0 Å². The first-order chi connectivity index (χ1) is 12.6. The molecule has 3 rings (SSSR count). The number of aryl methyl sites for hydroxylation is 1. The van der Waals surface area contributed by atoms with Gasteiger partial charge in [-0.2, -0.15) is 16.8 Å². The molecule has 2 heterocycles. The van der Waals surface area contributed by atoms with Crippen LogP contribution in [0.1, 0.15) is 4.88 Å². The predicted octanol–water partition coefficient (Wildman–Crippen LogP) is 4.18. The number of amides is 1. The Morgan fingerprint density at radius 2 is 2.27 bits per heavy atom. The summed E-state index contributed by atoms with van der Waals surface area (Å²) < 4.78 is 2.69. The summed E-state index contributed by atoms with van der Waals surface area (Å²) >= 11 is 4.52. The molecule has 6 nitrogen and oxygen atoms in total. The zero-order valence-electron chi connectivity index (χ0n) is 13.8. The summed E-state index contributed by atoms with van der Waals surface area (Å²) in [5.74, 6) is 0.507. The normalized spacial score (nSPS) is 12.3. The average molecular weight is 406 g/mol. The smallest absolute Gasteiger partial charge is 0.272 e. The van der Waals surface area contributed by atoms with Crippen molar-refractivity contribution in [1.82, 2.24) is 4.57 Å². The Kier molecular flexibility index (Phi) is 6.02. The van der Waals surface area contributed by atoms with E-state index < -0.39 is 4.92 Å². The molecule has 0 aliphatic heterocycles. The molecule has 0 saturated carbocycles. The number of non-ortho nitro benzene ring substituents is 1. The van der Waals surface area contributed by atoms with Crippen LogP contribution in [-0.4, -0.2) is 27.4 Å². The number of carbonyl (C=O) groups excluding carboxylic acids is 1. The fourth-order valence-corrected chi connectivity index (χ4v) is 4.41. The summed E-state index contributed by atoms with van der Waals surface area (Å²) in [5, 5.41) is 12.9. The lowest BCUT2D eigenvalue weighted by molar-refractivity contribution is -0.384. The van der Waals surface area contributed by atoms with Crippen LogP contribution in [0, 0.1) is 10.1 Å². The summed E-state index contributed by atoms with van der Waals surface area (Å²) in [6, 6.07) is 8.57. The van der Waals surface area contributed by atoms with Crippen LogP contribution in [0.15, 0.2) is 46.8 Å². The number of carbonyl (C=O) groups is 1. The molecule has 0 spiro atoms. The van der Waals surface area contributed by atoms with Gasteiger partial charge in [0.1, 0.15) is 0 Å². The molecule has 0 unspecified atom stereocenters. The molecule has 26 heavy (non-hydrogen) atoms. The molecule has 1 aromatic carbocycles. The number of rotatable bonds is 6. The van der Waals surface area contributed by atoms with Gasteiger partial charge in [0, 0.05) is 35.4 Å². The fourth-order valence-electron chi connectivity index (χ4n) is 2.33. The van der Waals surface area contributed by atoms with Crippen molar-refractivity contribution in [3.63, 3.8) is 0 Å². The number of thiazole rings is 1. The standard InChI is InChI=1S/C17H15N3O3S3/c1-24-10-8-19-14-6-4-12(20(22)23)11-15(14)26-17(19)18-16(21)7-5-13-3-2-9-25-13/h2-7,9,11H,8,10H2,1H3. The number of hydrogen-bond donors (Lipinski definition) is 0. The fraction of sp³-hybridized carbons (Fsp3) is 0.176. The summed E-state index contributed by atoms with van der Waals surface area (Å²) in [5.41, 5.74) is 0.884. The van der Waals surface area contributed by atoms with Crippen LogP contribution >= 0.6 is 34.4 Å². The van der Waals surface area contributed by atoms with E-state index in [9.17, 15) is 14.9 Å². The van der Waals surface area contributed by atoms with Gasteiger partial charge in [-0.1, -0.05) is 17.4 Å². The van der Waals surface area contributed by atoms with E-state index in [1.165, 1.54) is 29.5 Å². The molecule has 134 valence electrons. The molecule has 0 fully saturated rings. The zero-order chi connectivity index (χ0) is 18.5. The first-order valence-electron chi connectivity index (χ1n) is 7.65. The molecule has 0 bridgehead atoms. The summed E-state index contributed by atoms with van der Waals surface area (Å²) in [4.78, 5) is 28.5. The Balaban J connectivity index is 2.01. The van der Waals surface area contributed by atoms with Gasteiger partial charge in [-0.05, 0) is 29.8 Å². The number of nitro benzene ring substituents is 1. The molecule has 9 heteroatoms. The molecule has 0 saturated heterocycles. The first-order valence-corrected chi connectivity index (χ1v) is 10.7. The van der Waals surface area contributed by atoms with E-state index in [1.54, 1.807) is 35.2 Å². The molecular weight excluding hydrogens is 390 g/mol. The second-order valence-electron chi connectivity index (χ2n) is 5.24. The van der Waals surface area contributed by atoms with Crippen LogP contribution in [0.3, 0.4) is 0 Å². The third-order valence-electron chi connectivity index (χ3n) is 3.54. The third kappa shape index (κ3) is 4.29. The van der Waals surface area contributed by atoms with E-state index >= 15 is 0 Å². The van der Waals surface area contributed by atoms with E-state index in [4.69, 9.17) is 0 Å². The van der Waals surface area contributed by atoms with E-state index in [0.717, 1.165) is 20.8 Å². The van der Waals surface area contributed by atoms with Gasteiger partial charge in [0.15, 0.2) is 4.80 Å². The monoisotopic (exact) mass is 405 g/mol. The van der Waals surface area contributed by atoms with Crippen LogP contribution in [0.4, 0.5) is 5.69 Å². The lowest BCUT2D eigenvalue weighted by atomic mass is 10.3. The maximum atomic E-state index is 12.2.